The van der Waals surface area contributed by atoms with Crippen LogP contribution in [-0.2, 0) is 0 Å². The lowest BCUT2D eigenvalue weighted by molar-refractivity contribution is 1.35. The smallest absolute Gasteiger partial charge is 0.181 e. The monoisotopic (exact) mass is 208 g/mol. The number of nitriles is 1. The Morgan fingerprint density at radius 3 is 2.50 bits per heavy atom. The van der Waals surface area contributed by atoms with Crippen LogP contribution in [0.5, 0.6) is 0 Å². The van der Waals surface area contributed by atoms with Gasteiger partial charge in [-0.05, 0) is 30.9 Å². The third-order valence-corrected chi connectivity index (χ3v) is 2.36. The molecule has 0 aliphatic rings. The molecule has 14 heavy (non-hydrogen) atoms. The van der Waals surface area contributed by atoms with E-state index in [1.807, 2.05) is 51.4 Å². The van der Waals surface area contributed by atoms with Crippen molar-refractivity contribution in [2.75, 3.05) is 11.6 Å². The summed E-state index contributed by atoms with van der Waals surface area (Å²) in [5, 5.41) is 11.1. The molecule has 2 nitrogen and oxygen atoms in total. The fraction of sp³-hybridized carbons (Fsp3) is 0.364. The van der Waals surface area contributed by atoms with Crippen molar-refractivity contribution in [3.8, 4) is 6.19 Å². The van der Waals surface area contributed by atoms with E-state index in [4.69, 9.17) is 5.26 Å². The Hall–Kier alpha value is -1.14. The van der Waals surface area contributed by atoms with Gasteiger partial charge >= 0.3 is 0 Å². The Morgan fingerprint density at radius 2 is 2.00 bits per heavy atom. The van der Waals surface area contributed by atoms with Crippen LogP contribution in [0.1, 0.15) is 19.4 Å². The molecule has 1 aromatic carbocycles. The first kappa shape index (κ1) is 12.9. The molecule has 3 heteroatoms. The fourth-order valence-electron chi connectivity index (χ4n) is 0.923. The Morgan fingerprint density at radius 1 is 1.36 bits per heavy atom. The van der Waals surface area contributed by atoms with Crippen LogP contribution in [0.2, 0.25) is 0 Å². The molecule has 0 heterocycles. The number of nitrogens with one attached hydrogen (secondary N) is 1. The molecular formula is C11H16N2S. The third kappa shape index (κ3) is 3.71. The largest absolute Gasteiger partial charge is 0.293 e. The van der Waals surface area contributed by atoms with E-state index in [2.05, 4.69) is 5.32 Å². The summed E-state index contributed by atoms with van der Waals surface area (Å²) in [7, 11) is 0. The summed E-state index contributed by atoms with van der Waals surface area (Å²) in [5.41, 5.74) is 1.98. The molecule has 0 spiro atoms. The van der Waals surface area contributed by atoms with E-state index >= 15 is 0 Å². The van der Waals surface area contributed by atoms with E-state index in [0.29, 0.717) is 0 Å². The number of hydrogen-bond donors (Lipinski definition) is 1. The second kappa shape index (κ2) is 7.28. The van der Waals surface area contributed by atoms with Crippen LogP contribution in [0.3, 0.4) is 0 Å². The molecule has 0 aliphatic heterocycles. The van der Waals surface area contributed by atoms with Gasteiger partial charge in [0, 0.05) is 4.90 Å². The zero-order chi connectivity index (χ0) is 11.0. The second-order valence-electron chi connectivity index (χ2n) is 2.42. The minimum absolute atomic E-state index is 0.893. The molecule has 0 bridgehead atoms. The Kier molecular flexibility index (Phi) is 6.69. The van der Waals surface area contributed by atoms with E-state index in [-0.39, 0.29) is 0 Å². The minimum atomic E-state index is 0.893. The normalized spacial score (nSPS) is 8.21. The van der Waals surface area contributed by atoms with Gasteiger partial charge in [-0.3, -0.25) is 5.32 Å². The lowest BCUT2D eigenvalue weighted by atomic mass is 10.2. The molecule has 0 radical (unpaired) electrons. The average molecular weight is 208 g/mol. The first-order valence-corrected chi connectivity index (χ1v) is 5.80. The molecule has 0 saturated heterocycles. The van der Waals surface area contributed by atoms with Gasteiger partial charge in [0.05, 0.1) is 5.69 Å². The highest BCUT2D eigenvalue weighted by molar-refractivity contribution is 7.98. The SMILES string of the molecule is CC.CSc1ccc(C)c(NC#N)c1. The topological polar surface area (TPSA) is 35.8 Å². The highest BCUT2D eigenvalue weighted by Crippen LogP contribution is 2.22. The molecule has 1 aromatic rings. The van der Waals surface area contributed by atoms with Crippen LogP contribution < -0.4 is 5.32 Å². The van der Waals surface area contributed by atoms with Crippen molar-refractivity contribution >= 4 is 17.4 Å². The lowest BCUT2D eigenvalue weighted by Gasteiger charge is -2.04. The number of rotatable bonds is 2. The predicted octanol–water partition coefficient (Wildman–Crippen LogP) is 3.64. The Labute approximate surface area is 90.3 Å². The van der Waals surface area contributed by atoms with Crippen molar-refractivity contribution in [1.29, 1.82) is 5.26 Å². The van der Waals surface area contributed by atoms with Gasteiger partial charge in [0.15, 0.2) is 6.19 Å². The first-order chi connectivity index (χ1) is 6.77. The van der Waals surface area contributed by atoms with Crippen LogP contribution >= 0.6 is 11.8 Å². The highest BCUT2D eigenvalue weighted by Gasteiger charge is 1.97. The standard InChI is InChI=1S/C9H10N2S.C2H6/c1-7-3-4-8(12-2)5-9(7)11-6-10;1-2/h3-5,11H,1-2H3;1-2H3. The second-order valence-corrected chi connectivity index (χ2v) is 3.30. The van der Waals surface area contributed by atoms with Gasteiger partial charge in [0.25, 0.3) is 0 Å². The van der Waals surface area contributed by atoms with Crippen LogP contribution in [0, 0.1) is 18.4 Å². The minimum Gasteiger partial charge on any atom is -0.293 e. The predicted molar refractivity (Wildman–Crippen MR) is 63.5 cm³/mol. The molecule has 0 atom stereocenters. The van der Waals surface area contributed by atoms with Crippen molar-refractivity contribution < 1.29 is 0 Å². The molecule has 0 aromatic heterocycles. The van der Waals surface area contributed by atoms with E-state index < -0.39 is 0 Å². The van der Waals surface area contributed by atoms with Gasteiger partial charge < -0.3 is 0 Å². The molecule has 0 unspecified atom stereocenters. The number of aryl methyl sites for hydroxylation is 1. The van der Waals surface area contributed by atoms with Gasteiger partial charge in [-0.1, -0.05) is 19.9 Å². The number of benzene rings is 1. The molecule has 1 rings (SSSR count). The quantitative estimate of drug-likeness (QED) is 0.458. The summed E-state index contributed by atoms with van der Waals surface area (Å²) in [6.45, 7) is 5.98. The zero-order valence-electron chi connectivity index (χ0n) is 9.09. The lowest BCUT2D eigenvalue weighted by Crippen LogP contribution is -1.90. The first-order valence-electron chi connectivity index (χ1n) is 4.57. The van der Waals surface area contributed by atoms with Crippen LogP contribution in [0.15, 0.2) is 23.1 Å². The van der Waals surface area contributed by atoms with E-state index in [0.717, 1.165) is 11.3 Å². The number of thioether (sulfide) groups is 1. The number of nitrogens with zero attached hydrogens (tertiary/aromatic N) is 1. The molecule has 0 fully saturated rings. The summed E-state index contributed by atoms with van der Waals surface area (Å²) in [4.78, 5) is 1.17. The summed E-state index contributed by atoms with van der Waals surface area (Å²) in [6.07, 6.45) is 3.93. The Bertz CT molecular complexity index is 316. The van der Waals surface area contributed by atoms with E-state index in [1.54, 1.807) is 11.8 Å². The molecular weight excluding hydrogens is 192 g/mol. The van der Waals surface area contributed by atoms with Crippen molar-refractivity contribution in [3.63, 3.8) is 0 Å². The summed E-state index contributed by atoms with van der Waals surface area (Å²) in [6, 6.07) is 6.03. The number of hydrogen-bond acceptors (Lipinski definition) is 3. The summed E-state index contributed by atoms with van der Waals surface area (Å²) >= 11 is 1.67. The molecule has 76 valence electrons. The van der Waals surface area contributed by atoms with Crippen molar-refractivity contribution in [2.45, 2.75) is 25.7 Å². The molecule has 0 amide bonds. The van der Waals surface area contributed by atoms with Gasteiger partial charge in [0.1, 0.15) is 0 Å². The van der Waals surface area contributed by atoms with Crippen LogP contribution in [-0.4, -0.2) is 6.26 Å². The molecule has 0 aliphatic carbocycles. The fourth-order valence-corrected chi connectivity index (χ4v) is 1.36. The maximum atomic E-state index is 8.44. The van der Waals surface area contributed by atoms with Crippen molar-refractivity contribution in [2.24, 2.45) is 0 Å². The van der Waals surface area contributed by atoms with Crippen molar-refractivity contribution in [3.05, 3.63) is 23.8 Å². The summed E-state index contributed by atoms with van der Waals surface area (Å²) < 4.78 is 0. The van der Waals surface area contributed by atoms with Gasteiger partial charge in [0.2, 0.25) is 0 Å². The van der Waals surface area contributed by atoms with E-state index in [1.165, 1.54) is 4.90 Å². The van der Waals surface area contributed by atoms with Crippen LogP contribution in [0.4, 0.5) is 5.69 Å². The van der Waals surface area contributed by atoms with Crippen LogP contribution in [0.25, 0.3) is 0 Å². The number of anilines is 1. The van der Waals surface area contributed by atoms with Gasteiger partial charge in [-0.2, -0.15) is 5.26 Å². The van der Waals surface area contributed by atoms with Gasteiger partial charge in [-0.25, -0.2) is 0 Å². The Balaban J connectivity index is 0.000000791. The molecule has 0 saturated carbocycles. The maximum absolute atomic E-state index is 8.44. The third-order valence-electron chi connectivity index (χ3n) is 1.64. The van der Waals surface area contributed by atoms with Gasteiger partial charge in [-0.15, -0.1) is 11.8 Å². The van der Waals surface area contributed by atoms with Crippen molar-refractivity contribution in [1.82, 2.24) is 0 Å². The maximum Gasteiger partial charge on any atom is 0.181 e. The zero-order valence-corrected chi connectivity index (χ0v) is 9.90. The highest BCUT2D eigenvalue weighted by atomic mass is 32.2. The average Bonchev–Trinajstić information content (AvgIpc) is 2.24. The van der Waals surface area contributed by atoms with E-state index in [9.17, 15) is 0 Å². The molecule has 1 N–H and O–H groups in total. The summed E-state index contributed by atoms with van der Waals surface area (Å²) in [5.74, 6) is 0.